The number of esters is 3. The van der Waals surface area contributed by atoms with E-state index in [-0.39, 0.29) is 30.6 Å². The van der Waals surface area contributed by atoms with Gasteiger partial charge in [0.1, 0.15) is 18.8 Å². The molecule has 0 fully saturated rings. The van der Waals surface area contributed by atoms with E-state index in [1.54, 1.807) is 6.92 Å². The van der Waals surface area contributed by atoms with Gasteiger partial charge in [0, 0.05) is 26.7 Å². The molecule has 0 aliphatic rings. The molecule has 0 unspecified atom stereocenters. The highest BCUT2D eigenvalue weighted by Crippen LogP contribution is 2.13. The molecule has 0 aliphatic carbocycles. The van der Waals surface area contributed by atoms with Crippen molar-refractivity contribution in [2.24, 2.45) is 0 Å². The molecule has 0 aromatic rings. The average molecular weight is 441 g/mol. The van der Waals surface area contributed by atoms with E-state index >= 15 is 0 Å². The van der Waals surface area contributed by atoms with Crippen LogP contribution in [-0.2, 0) is 28.6 Å². The van der Waals surface area contributed by atoms with Crippen molar-refractivity contribution in [3.63, 3.8) is 0 Å². The van der Waals surface area contributed by atoms with Crippen molar-refractivity contribution >= 4 is 17.9 Å². The van der Waals surface area contributed by atoms with E-state index < -0.39 is 6.10 Å². The zero-order valence-corrected chi connectivity index (χ0v) is 20.2. The first kappa shape index (κ1) is 29.1. The first-order valence-corrected chi connectivity index (χ1v) is 12.0. The molecule has 0 saturated carbocycles. The molecule has 6 nitrogen and oxygen atoms in total. The number of unbranched alkanes of at least 4 members (excludes halogenated alkanes) is 8. The third-order valence-electron chi connectivity index (χ3n) is 4.88. The van der Waals surface area contributed by atoms with Crippen LogP contribution in [0.4, 0.5) is 0 Å². The van der Waals surface area contributed by atoms with E-state index in [4.69, 9.17) is 14.2 Å². The predicted molar refractivity (Wildman–Crippen MR) is 123 cm³/mol. The number of allylic oxidation sites excluding steroid dienone is 1. The van der Waals surface area contributed by atoms with Crippen LogP contribution in [0, 0.1) is 0 Å². The molecular formula is C25H44O6. The van der Waals surface area contributed by atoms with Gasteiger partial charge in [-0.25, -0.2) is 0 Å². The van der Waals surface area contributed by atoms with E-state index in [1.165, 1.54) is 33.1 Å². The highest BCUT2D eigenvalue weighted by Gasteiger charge is 2.10. The molecule has 180 valence electrons. The second-order valence-electron chi connectivity index (χ2n) is 8.20. The Morgan fingerprint density at radius 2 is 1.45 bits per heavy atom. The molecule has 0 aromatic heterocycles. The minimum atomic E-state index is -0.403. The van der Waals surface area contributed by atoms with Crippen molar-refractivity contribution in [3.05, 3.63) is 12.2 Å². The fraction of sp³-hybridized carbons (Fsp3) is 0.800. The van der Waals surface area contributed by atoms with Gasteiger partial charge in [-0.15, -0.1) is 0 Å². The highest BCUT2D eigenvalue weighted by molar-refractivity contribution is 5.69. The molecule has 0 amide bonds. The minimum Gasteiger partial charge on any atom is -0.462 e. The summed E-state index contributed by atoms with van der Waals surface area (Å²) in [6.45, 7) is 6.82. The maximum Gasteiger partial charge on any atom is 0.305 e. The zero-order chi connectivity index (χ0) is 23.3. The number of hydrogen-bond donors (Lipinski definition) is 0. The molecule has 0 aromatic carbocycles. The molecule has 0 heterocycles. The van der Waals surface area contributed by atoms with Gasteiger partial charge in [0.2, 0.25) is 0 Å². The fourth-order valence-electron chi connectivity index (χ4n) is 3.29. The summed E-state index contributed by atoms with van der Waals surface area (Å²) in [5, 5.41) is 0. The summed E-state index contributed by atoms with van der Waals surface area (Å²) in [5.41, 5.74) is 0. The van der Waals surface area contributed by atoms with Crippen LogP contribution in [0.5, 0.6) is 0 Å². The van der Waals surface area contributed by atoms with Crippen molar-refractivity contribution in [1.29, 1.82) is 0 Å². The van der Waals surface area contributed by atoms with E-state index in [0.717, 1.165) is 57.8 Å². The predicted octanol–water partition coefficient (Wildman–Crippen LogP) is 6.06. The lowest BCUT2D eigenvalue weighted by Gasteiger charge is -2.15. The SMILES string of the molecule is CCCCCC[C@@H](C/C=C\CCCCCCCC(=O)OC[C@@H](C)OC(C)=O)OC(C)=O. The molecule has 31 heavy (non-hydrogen) atoms. The zero-order valence-electron chi connectivity index (χ0n) is 20.2. The van der Waals surface area contributed by atoms with Crippen LogP contribution < -0.4 is 0 Å². The monoisotopic (exact) mass is 440 g/mol. The number of hydrogen-bond acceptors (Lipinski definition) is 6. The Morgan fingerprint density at radius 3 is 2.13 bits per heavy atom. The van der Waals surface area contributed by atoms with Gasteiger partial charge in [-0.1, -0.05) is 57.6 Å². The quantitative estimate of drug-likeness (QED) is 0.105. The summed E-state index contributed by atoms with van der Waals surface area (Å²) in [7, 11) is 0. The third-order valence-corrected chi connectivity index (χ3v) is 4.88. The summed E-state index contributed by atoms with van der Waals surface area (Å²) >= 11 is 0. The normalized spacial score (nSPS) is 13.0. The minimum absolute atomic E-state index is 0.00220. The Kier molecular flexibility index (Phi) is 18.9. The first-order chi connectivity index (χ1) is 14.8. The molecule has 0 aliphatic heterocycles. The van der Waals surface area contributed by atoms with E-state index in [1.807, 2.05) is 0 Å². The molecule has 2 atom stereocenters. The van der Waals surface area contributed by atoms with Crippen LogP contribution in [-0.4, -0.2) is 36.7 Å². The van der Waals surface area contributed by atoms with Crippen LogP contribution in [0.15, 0.2) is 12.2 Å². The topological polar surface area (TPSA) is 78.9 Å². The third kappa shape index (κ3) is 21.2. The first-order valence-electron chi connectivity index (χ1n) is 12.0. The van der Waals surface area contributed by atoms with Crippen molar-refractivity contribution in [2.75, 3.05) is 6.61 Å². The smallest absolute Gasteiger partial charge is 0.305 e. The van der Waals surface area contributed by atoms with Gasteiger partial charge in [0.15, 0.2) is 0 Å². The molecule has 0 spiro atoms. The summed E-state index contributed by atoms with van der Waals surface area (Å²) in [4.78, 5) is 33.7. The lowest BCUT2D eigenvalue weighted by atomic mass is 10.1. The summed E-state index contributed by atoms with van der Waals surface area (Å²) in [6, 6.07) is 0. The van der Waals surface area contributed by atoms with E-state index in [0.29, 0.717) is 6.42 Å². The number of carbonyl (C=O) groups is 3. The van der Waals surface area contributed by atoms with Crippen LogP contribution in [0.1, 0.15) is 111 Å². The Morgan fingerprint density at radius 1 is 0.806 bits per heavy atom. The standard InChI is InChI=1S/C25H44O6/c1-5-6-7-14-17-24(31-23(4)27)18-15-12-10-8-9-11-13-16-19-25(28)29-20-21(2)30-22(3)26/h12,15,21,24H,5-11,13-14,16-20H2,1-4H3/b15-12-/t21-,24+/m1/s1. The second-order valence-corrected chi connectivity index (χ2v) is 8.20. The summed E-state index contributed by atoms with van der Waals surface area (Å²) < 4.78 is 15.4. The molecule has 0 bridgehead atoms. The van der Waals surface area contributed by atoms with Crippen molar-refractivity contribution in [2.45, 2.75) is 123 Å². The van der Waals surface area contributed by atoms with Crippen molar-refractivity contribution in [3.8, 4) is 0 Å². The molecule has 0 saturated heterocycles. The Hall–Kier alpha value is -1.85. The van der Waals surface area contributed by atoms with Crippen molar-refractivity contribution in [1.82, 2.24) is 0 Å². The number of rotatable bonds is 19. The van der Waals surface area contributed by atoms with Gasteiger partial charge in [0.25, 0.3) is 0 Å². The highest BCUT2D eigenvalue weighted by atomic mass is 16.6. The van der Waals surface area contributed by atoms with Crippen LogP contribution >= 0.6 is 0 Å². The molecule has 6 heteroatoms. The van der Waals surface area contributed by atoms with Gasteiger partial charge in [-0.2, -0.15) is 0 Å². The largest absolute Gasteiger partial charge is 0.462 e. The van der Waals surface area contributed by atoms with Crippen LogP contribution in [0.25, 0.3) is 0 Å². The number of carbonyl (C=O) groups excluding carboxylic acids is 3. The lowest BCUT2D eigenvalue weighted by molar-refractivity contribution is -0.156. The molecule has 0 rings (SSSR count). The maximum absolute atomic E-state index is 11.7. The van der Waals surface area contributed by atoms with E-state index in [2.05, 4.69) is 19.1 Å². The van der Waals surface area contributed by atoms with Gasteiger partial charge >= 0.3 is 17.9 Å². The Bertz CT molecular complexity index is 514. The fourth-order valence-corrected chi connectivity index (χ4v) is 3.29. The van der Waals surface area contributed by atoms with Crippen LogP contribution in [0.3, 0.4) is 0 Å². The molecular weight excluding hydrogens is 396 g/mol. The van der Waals surface area contributed by atoms with Crippen molar-refractivity contribution < 1.29 is 28.6 Å². The molecule has 0 radical (unpaired) electrons. The van der Waals surface area contributed by atoms with Gasteiger partial charge < -0.3 is 14.2 Å². The second kappa shape index (κ2) is 20.1. The lowest BCUT2D eigenvalue weighted by Crippen LogP contribution is -2.21. The summed E-state index contributed by atoms with van der Waals surface area (Å²) in [5.74, 6) is -0.805. The van der Waals surface area contributed by atoms with Crippen LogP contribution in [0.2, 0.25) is 0 Å². The Balaban J connectivity index is 3.70. The maximum atomic E-state index is 11.7. The summed E-state index contributed by atoms with van der Waals surface area (Å²) in [6.07, 6.45) is 17.0. The molecule has 0 N–H and O–H groups in total. The number of ether oxygens (including phenoxy) is 3. The Labute approximate surface area is 189 Å². The van der Waals surface area contributed by atoms with Gasteiger partial charge in [0.05, 0.1) is 0 Å². The van der Waals surface area contributed by atoms with E-state index in [9.17, 15) is 14.4 Å². The van der Waals surface area contributed by atoms with Gasteiger partial charge in [-0.05, 0) is 39.0 Å². The van der Waals surface area contributed by atoms with Gasteiger partial charge in [-0.3, -0.25) is 14.4 Å². The average Bonchev–Trinajstić information content (AvgIpc) is 2.69.